The van der Waals surface area contributed by atoms with Crippen molar-refractivity contribution in [2.45, 2.75) is 17.5 Å². The predicted octanol–water partition coefficient (Wildman–Crippen LogP) is 0.665. The molecule has 0 aliphatic heterocycles. The summed E-state index contributed by atoms with van der Waals surface area (Å²) in [4.78, 5) is 10.2. The predicted molar refractivity (Wildman–Crippen MR) is 66.9 cm³/mol. The molecule has 1 rings (SSSR count). The maximum atomic E-state index is 12.0. The fourth-order valence-corrected chi connectivity index (χ4v) is 2.76. The fraction of sp³-hybridized carbons (Fsp3) is 0.300. The molecule has 0 aliphatic rings. The Bertz CT molecular complexity index is 624. The van der Waals surface area contributed by atoms with Crippen LogP contribution >= 0.6 is 11.6 Å². The fourth-order valence-electron chi connectivity index (χ4n) is 1.26. The van der Waals surface area contributed by atoms with E-state index in [4.69, 9.17) is 21.8 Å². The number of carboxylic acid groups (broad SMARTS) is 1. The Morgan fingerprint density at radius 2 is 2.05 bits per heavy atom. The number of ether oxygens (including phenoxy) is 1. The first-order valence-corrected chi connectivity index (χ1v) is 7.14. The van der Waals surface area contributed by atoms with Crippen LogP contribution in [0.4, 0.5) is 8.78 Å². The Morgan fingerprint density at radius 1 is 1.43 bits per heavy atom. The van der Waals surface area contributed by atoms with Crippen LogP contribution in [0.25, 0.3) is 0 Å². The summed E-state index contributed by atoms with van der Waals surface area (Å²) < 4.78 is 53.6. The zero-order valence-electron chi connectivity index (χ0n) is 10.2. The van der Waals surface area contributed by atoms with Crippen molar-refractivity contribution in [3.8, 4) is 5.75 Å². The monoisotopic (exact) mass is 345 g/mol. The summed E-state index contributed by atoms with van der Waals surface area (Å²) >= 11 is 5.60. The SMILES string of the molecule is O=C(O)[C@@H](CO)NS(=O)(=O)c1ccc(OC(F)F)c(Cl)c1. The number of nitrogens with one attached hydrogen (secondary N) is 1. The van der Waals surface area contributed by atoms with E-state index in [9.17, 15) is 22.0 Å². The molecule has 1 atom stereocenters. The van der Waals surface area contributed by atoms with Crippen molar-refractivity contribution in [2.24, 2.45) is 0 Å². The molecule has 0 aromatic heterocycles. The van der Waals surface area contributed by atoms with Crippen molar-refractivity contribution in [3.63, 3.8) is 0 Å². The molecule has 11 heteroatoms. The third-order valence-corrected chi connectivity index (χ3v) is 3.97. The Labute approximate surface area is 123 Å². The Hall–Kier alpha value is -1.49. The number of aliphatic hydroxyl groups excluding tert-OH is 1. The van der Waals surface area contributed by atoms with Gasteiger partial charge in [0.05, 0.1) is 16.5 Å². The summed E-state index contributed by atoms with van der Waals surface area (Å²) in [7, 11) is -4.30. The average Bonchev–Trinajstić information content (AvgIpc) is 2.37. The van der Waals surface area contributed by atoms with Crippen LogP contribution in [0.3, 0.4) is 0 Å². The van der Waals surface area contributed by atoms with Crippen molar-refractivity contribution in [3.05, 3.63) is 23.2 Å². The van der Waals surface area contributed by atoms with Crippen molar-refractivity contribution in [1.82, 2.24) is 4.72 Å². The maximum Gasteiger partial charge on any atom is 0.387 e. The van der Waals surface area contributed by atoms with Gasteiger partial charge in [-0.15, -0.1) is 0 Å². The van der Waals surface area contributed by atoms with Crippen molar-refractivity contribution < 1.29 is 36.9 Å². The van der Waals surface area contributed by atoms with Crippen molar-refractivity contribution >= 4 is 27.6 Å². The summed E-state index contributed by atoms with van der Waals surface area (Å²) in [6.07, 6.45) is 0. The molecule has 0 saturated carbocycles. The molecule has 21 heavy (non-hydrogen) atoms. The van der Waals surface area contributed by atoms with E-state index < -0.39 is 50.9 Å². The first-order chi connectivity index (χ1) is 9.67. The van der Waals surface area contributed by atoms with Gasteiger partial charge in [0.15, 0.2) is 0 Å². The number of hydrogen-bond acceptors (Lipinski definition) is 5. The molecule has 0 amide bonds. The highest BCUT2D eigenvalue weighted by atomic mass is 35.5. The van der Waals surface area contributed by atoms with Crippen LogP contribution in [0.1, 0.15) is 0 Å². The van der Waals surface area contributed by atoms with Crippen LogP contribution < -0.4 is 9.46 Å². The van der Waals surface area contributed by atoms with Gasteiger partial charge in [-0.25, -0.2) is 8.42 Å². The van der Waals surface area contributed by atoms with Crippen LogP contribution in [-0.2, 0) is 14.8 Å². The second-order valence-corrected chi connectivity index (χ2v) is 5.79. The lowest BCUT2D eigenvalue weighted by molar-refractivity contribution is -0.139. The van der Waals surface area contributed by atoms with Crippen LogP contribution in [-0.4, -0.2) is 43.9 Å². The van der Waals surface area contributed by atoms with E-state index in [0.717, 1.165) is 18.2 Å². The highest BCUT2D eigenvalue weighted by Crippen LogP contribution is 2.28. The van der Waals surface area contributed by atoms with E-state index in [-0.39, 0.29) is 0 Å². The summed E-state index contributed by atoms with van der Waals surface area (Å²) in [5, 5.41) is 17.0. The highest BCUT2D eigenvalue weighted by Gasteiger charge is 2.25. The van der Waals surface area contributed by atoms with Gasteiger partial charge in [0, 0.05) is 0 Å². The molecule has 7 nitrogen and oxygen atoms in total. The number of carbonyl (C=O) groups is 1. The molecule has 0 heterocycles. The Morgan fingerprint density at radius 3 is 2.48 bits per heavy atom. The topological polar surface area (TPSA) is 113 Å². The van der Waals surface area contributed by atoms with E-state index in [1.165, 1.54) is 0 Å². The van der Waals surface area contributed by atoms with Gasteiger partial charge in [-0.2, -0.15) is 13.5 Å². The molecule has 118 valence electrons. The van der Waals surface area contributed by atoms with E-state index in [1.807, 2.05) is 0 Å². The van der Waals surface area contributed by atoms with Gasteiger partial charge in [0.25, 0.3) is 0 Å². The number of carboxylic acids is 1. The molecule has 0 fully saturated rings. The smallest absolute Gasteiger partial charge is 0.387 e. The first kappa shape index (κ1) is 17.6. The third kappa shape index (κ3) is 4.77. The molecule has 0 aliphatic carbocycles. The van der Waals surface area contributed by atoms with Crippen LogP contribution in [0.5, 0.6) is 5.75 Å². The minimum Gasteiger partial charge on any atom is -0.480 e. The molecule has 0 spiro atoms. The summed E-state index contributed by atoms with van der Waals surface area (Å²) in [6.45, 7) is -4.09. The average molecular weight is 346 g/mol. The normalized spacial score (nSPS) is 13.2. The minimum atomic E-state index is -4.30. The lowest BCUT2D eigenvalue weighted by atomic mass is 10.3. The van der Waals surface area contributed by atoms with Gasteiger partial charge in [-0.05, 0) is 18.2 Å². The second-order valence-electron chi connectivity index (χ2n) is 3.67. The van der Waals surface area contributed by atoms with Crippen molar-refractivity contribution in [1.29, 1.82) is 0 Å². The Kier molecular flexibility index (Phi) is 5.84. The lowest BCUT2D eigenvalue weighted by Gasteiger charge is -2.13. The van der Waals surface area contributed by atoms with Crippen LogP contribution in [0.15, 0.2) is 23.1 Å². The van der Waals surface area contributed by atoms with Gasteiger partial charge in [-0.3, -0.25) is 4.79 Å². The van der Waals surface area contributed by atoms with Gasteiger partial charge in [0.1, 0.15) is 11.8 Å². The quantitative estimate of drug-likeness (QED) is 0.669. The zero-order valence-corrected chi connectivity index (χ0v) is 11.7. The number of halogens is 3. The van der Waals surface area contributed by atoms with Crippen LogP contribution in [0, 0.1) is 0 Å². The third-order valence-electron chi connectivity index (χ3n) is 2.21. The number of hydrogen-bond donors (Lipinski definition) is 3. The van der Waals surface area contributed by atoms with E-state index in [2.05, 4.69) is 4.74 Å². The van der Waals surface area contributed by atoms with Gasteiger partial charge in [-0.1, -0.05) is 11.6 Å². The lowest BCUT2D eigenvalue weighted by Crippen LogP contribution is -2.43. The highest BCUT2D eigenvalue weighted by molar-refractivity contribution is 7.89. The van der Waals surface area contributed by atoms with Crippen LogP contribution in [0.2, 0.25) is 5.02 Å². The maximum absolute atomic E-state index is 12.0. The summed E-state index contributed by atoms with van der Waals surface area (Å²) in [6, 6.07) is 0.878. The number of benzene rings is 1. The number of sulfonamides is 1. The number of aliphatic carboxylic acids is 1. The van der Waals surface area contributed by atoms with E-state index in [0.29, 0.717) is 0 Å². The standard InChI is InChI=1S/C10H10ClF2NO6S/c11-6-3-5(1-2-8(6)20-10(12)13)21(18,19)14-7(4-15)9(16)17/h1-3,7,10,14-15H,4H2,(H,16,17)/t7-/m1/s1. The number of rotatable bonds is 7. The molecule has 1 aromatic carbocycles. The number of alkyl halides is 2. The molecule has 1 aromatic rings. The largest absolute Gasteiger partial charge is 0.480 e. The molecule has 0 bridgehead atoms. The Balaban J connectivity index is 3.04. The van der Waals surface area contributed by atoms with E-state index in [1.54, 1.807) is 4.72 Å². The zero-order chi connectivity index (χ0) is 16.2. The van der Waals surface area contributed by atoms with E-state index >= 15 is 0 Å². The van der Waals surface area contributed by atoms with Gasteiger partial charge in [0.2, 0.25) is 10.0 Å². The molecule has 0 unspecified atom stereocenters. The molecule has 0 radical (unpaired) electrons. The molecular weight excluding hydrogens is 336 g/mol. The number of aliphatic hydroxyl groups is 1. The van der Waals surface area contributed by atoms with Crippen molar-refractivity contribution in [2.75, 3.05) is 6.61 Å². The van der Waals surface area contributed by atoms with Gasteiger partial charge >= 0.3 is 12.6 Å². The van der Waals surface area contributed by atoms with Gasteiger partial charge < -0.3 is 14.9 Å². The molecule has 0 saturated heterocycles. The minimum absolute atomic E-state index is 0.394. The second kappa shape index (κ2) is 6.98. The first-order valence-electron chi connectivity index (χ1n) is 5.27. The summed E-state index contributed by atoms with van der Waals surface area (Å²) in [5.74, 6) is -2.01. The molecule has 3 N–H and O–H groups in total. The molecular formula is C10H10ClF2NO6S. The summed E-state index contributed by atoms with van der Waals surface area (Å²) in [5.41, 5.74) is 0.